The quantitative estimate of drug-likeness (QED) is 0.795. The van der Waals surface area contributed by atoms with Gasteiger partial charge in [-0.1, -0.05) is 36.4 Å². The van der Waals surface area contributed by atoms with Crippen LogP contribution in [0.1, 0.15) is 13.8 Å². The van der Waals surface area contributed by atoms with Crippen molar-refractivity contribution in [3.05, 3.63) is 60.7 Å². The molecule has 0 N–H and O–H groups in total. The summed E-state index contributed by atoms with van der Waals surface area (Å²) in [5, 5.41) is 1.19. The van der Waals surface area contributed by atoms with E-state index in [1.165, 1.54) is 6.92 Å². The maximum atomic E-state index is 13.4. The van der Waals surface area contributed by atoms with Crippen LogP contribution in [0.15, 0.2) is 60.7 Å². The van der Waals surface area contributed by atoms with Gasteiger partial charge in [0.05, 0.1) is 0 Å². The van der Waals surface area contributed by atoms with Gasteiger partial charge in [0.25, 0.3) is 7.37 Å². The lowest BCUT2D eigenvalue weighted by molar-refractivity contribution is -0.122. The minimum atomic E-state index is -3.25. The van der Waals surface area contributed by atoms with E-state index in [2.05, 4.69) is 0 Å². The highest BCUT2D eigenvalue weighted by Crippen LogP contribution is 2.45. The van der Waals surface area contributed by atoms with E-state index in [0.29, 0.717) is 10.6 Å². The molecule has 0 bridgehead atoms. The van der Waals surface area contributed by atoms with E-state index in [-0.39, 0.29) is 5.78 Å². The Morgan fingerprint density at radius 3 is 1.70 bits per heavy atom. The monoisotopic (exact) mass is 288 g/mol. The lowest BCUT2D eigenvalue weighted by Crippen LogP contribution is -2.25. The smallest absolute Gasteiger partial charge is 0.261 e. The van der Waals surface area contributed by atoms with E-state index in [9.17, 15) is 9.36 Å². The van der Waals surface area contributed by atoms with E-state index in [1.54, 1.807) is 31.2 Å². The molecule has 2 aromatic carbocycles. The minimum absolute atomic E-state index is 0.142. The Kier molecular flexibility index (Phi) is 4.53. The molecule has 0 aliphatic heterocycles. The number of carbonyl (C=O) groups excluding carboxylic acids is 1. The molecule has 0 aromatic heterocycles. The number of hydrogen-bond donors (Lipinski definition) is 0. The third-order valence-corrected chi connectivity index (χ3v) is 5.64. The van der Waals surface area contributed by atoms with Crippen LogP contribution >= 0.6 is 7.37 Å². The fourth-order valence-electron chi connectivity index (χ4n) is 1.82. The minimum Gasteiger partial charge on any atom is -0.311 e. The molecule has 0 aliphatic carbocycles. The third-order valence-electron chi connectivity index (χ3n) is 3.07. The average molecular weight is 288 g/mol. The number of Topliss-reactive ketones (excluding diaryl/α,β-unsaturated/α-hetero) is 1. The van der Waals surface area contributed by atoms with Crippen molar-refractivity contribution in [3.63, 3.8) is 0 Å². The Morgan fingerprint density at radius 2 is 1.35 bits per heavy atom. The highest BCUT2D eigenvalue weighted by atomic mass is 31.2. The van der Waals surface area contributed by atoms with E-state index >= 15 is 0 Å². The van der Waals surface area contributed by atoms with Crippen LogP contribution in [0.3, 0.4) is 0 Å². The predicted molar refractivity (Wildman–Crippen MR) is 81.0 cm³/mol. The lowest BCUT2D eigenvalue weighted by Gasteiger charge is -2.22. The molecule has 0 heterocycles. The average Bonchev–Trinajstić information content (AvgIpc) is 2.48. The van der Waals surface area contributed by atoms with Gasteiger partial charge in [-0.15, -0.1) is 0 Å². The van der Waals surface area contributed by atoms with Crippen molar-refractivity contribution in [3.8, 4) is 0 Å². The van der Waals surface area contributed by atoms with Crippen LogP contribution in [-0.4, -0.2) is 11.9 Å². The van der Waals surface area contributed by atoms with E-state index < -0.39 is 13.5 Å². The largest absolute Gasteiger partial charge is 0.311 e. The van der Waals surface area contributed by atoms with Gasteiger partial charge in [-0.25, -0.2) is 0 Å². The first kappa shape index (κ1) is 14.7. The van der Waals surface area contributed by atoms with Crippen molar-refractivity contribution in [1.29, 1.82) is 0 Å². The van der Waals surface area contributed by atoms with Crippen molar-refractivity contribution in [2.75, 3.05) is 0 Å². The molecular formula is C16H17O3P. The Balaban J connectivity index is 2.50. The first-order chi connectivity index (χ1) is 9.54. The summed E-state index contributed by atoms with van der Waals surface area (Å²) >= 11 is 0. The summed E-state index contributed by atoms with van der Waals surface area (Å²) in [6.45, 7) is 3.06. The van der Waals surface area contributed by atoms with Gasteiger partial charge >= 0.3 is 0 Å². The van der Waals surface area contributed by atoms with Crippen LogP contribution in [0.25, 0.3) is 0 Å². The van der Waals surface area contributed by atoms with Crippen LogP contribution in [0.2, 0.25) is 0 Å². The standard InChI is InChI=1S/C16H17O3P/c1-13(17)14(2)19-20(18,15-9-5-3-6-10-15)16-11-7-4-8-12-16/h3-12,14H,1-2H3. The molecule has 104 valence electrons. The zero-order chi connectivity index (χ0) is 14.6. The SMILES string of the molecule is CC(=O)C(C)OP(=O)(c1ccccc1)c1ccccc1. The molecule has 1 atom stereocenters. The summed E-state index contributed by atoms with van der Waals surface area (Å²) in [4.78, 5) is 11.4. The topological polar surface area (TPSA) is 43.4 Å². The Morgan fingerprint density at radius 1 is 0.950 bits per heavy atom. The first-order valence-corrected chi connectivity index (χ1v) is 8.06. The number of rotatable bonds is 5. The van der Waals surface area contributed by atoms with Crippen LogP contribution in [0.5, 0.6) is 0 Å². The van der Waals surface area contributed by atoms with Crippen LogP contribution < -0.4 is 10.6 Å². The highest BCUT2D eigenvalue weighted by molar-refractivity contribution is 7.74. The third kappa shape index (κ3) is 3.06. The van der Waals surface area contributed by atoms with Gasteiger partial charge in [-0.3, -0.25) is 9.36 Å². The molecule has 3 nitrogen and oxygen atoms in total. The molecule has 20 heavy (non-hydrogen) atoms. The Hall–Kier alpha value is -1.70. The molecule has 0 radical (unpaired) electrons. The van der Waals surface area contributed by atoms with Gasteiger partial charge < -0.3 is 4.52 Å². The molecule has 0 fully saturated rings. The number of carbonyl (C=O) groups is 1. The predicted octanol–water partition coefficient (Wildman–Crippen LogP) is 2.91. The Labute approximate surface area is 119 Å². The van der Waals surface area contributed by atoms with Gasteiger partial charge in [0, 0.05) is 10.6 Å². The van der Waals surface area contributed by atoms with E-state index in [1.807, 2.05) is 36.4 Å². The van der Waals surface area contributed by atoms with E-state index in [4.69, 9.17) is 4.52 Å². The molecule has 1 unspecified atom stereocenters. The normalized spacial score (nSPS) is 12.9. The van der Waals surface area contributed by atoms with Crippen LogP contribution in [-0.2, 0) is 13.9 Å². The second-order valence-corrected chi connectivity index (χ2v) is 6.93. The Bertz CT molecular complexity index is 579. The molecule has 4 heteroatoms. The van der Waals surface area contributed by atoms with Crippen molar-refractivity contribution >= 4 is 23.8 Å². The zero-order valence-corrected chi connectivity index (χ0v) is 12.4. The first-order valence-electron chi connectivity index (χ1n) is 6.44. The summed E-state index contributed by atoms with van der Waals surface area (Å²) in [5.41, 5.74) is 0. The van der Waals surface area contributed by atoms with Gasteiger partial charge in [0.1, 0.15) is 6.10 Å². The molecule has 2 aromatic rings. The highest BCUT2D eigenvalue weighted by Gasteiger charge is 2.31. The van der Waals surface area contributed by atoms with Gasteiger partial charge in [0.2, 0.25) is 0 Å². The fourth-order valence-corrected chi connectivity index (χ4v) is 4.08. The summed E-state index contributed by atoms with van der Waals surface area (Å²) in [6.07, 6.45) is -0.707. The van der Waals surface area contributed by atoms with Crippen molar-refractivity contribution in [2.24, 2.45) is 0 Å². The summed E-state index contributed by atoms with van der Waals surface area (Å²) in [5.74, 6) is -0.142. The van der Waals surface area contributed by atoms with E-state index in [0.717, 1.165) is 0 Å². The molecule has 0 amide bonds. The molecule has 0 aliphatic rings. The van der Waals surface area contributed by atoms with Gasteiger partial charge in [-0.2, -0.15) is 0 Å². The number of ketones is 1. The summed E-state index contributed by atoms with van der Waals surface area (Å²) in [7, 11) is -3.25. The van der Waals surface area contributed by atoms with Crippen molar-refractivity contribution < 1.29 is 13.9 Å². The summed E-state index contributed by atoms with van der Waals surface area (Å²) in [6, 6.07) is 18.0. The fraction of sp³-hybridized carbons (Fsp3) is 0.188. The maximum absolute atomic E-state index is 13.4. The zero-order valence-electron chi connectivity index (χ0n) is 11.5. The van der Waals surface area contributed by atoms with Crippen LogP contribution in [0.4, 0.5) is 0 Å². The van der Waals surface area contributed by atoms with Crippen LogP contribution in [0, 0.1) is 0 Å². The van der Waals surface area contributed by atoms with Crippen molar-refractivity contribution in [2.45, 2.75) is 20.0 Å². The summed E-state index contributed by atoms with van der Waals surface area (Å²) < 4.78 is 19.0. The molecular weight excluding hydrogens is 271 g/mol. The number of benzene rings is 2. The second kappa shape index (κ2) is 6.17. The van der Waals surface area contributed by atoms with Crippen molar-refractivity contribution in [1.82, 2.24) is 0 Å². The second-order valence-electron chi connectivity index (χ2n) is 4.58. The molecule has 0 saturated carbocycles. The molecule has 0 spiro atoms. The number of hydrogen-bond acceptors (Lipinski definition) is 3. The molecule has 2 rings (SSSR count). The van der Waals surface area contributed by atoms with Gasteiger partial charge in [-0.05, 0) is 38.1 Å². The van der Waals surface area contributed by atoms with Gasteiger partial charge in [0.15, 0.2) is 5.78 Å². The molecule has 0 saturated heterocycles. The maximum Gasteiger partial charge on any atom is 0.261 e. The lowest BCUT2D eigenvalue weighted by atomic mass is 10.3.